The lowest BCUT2D eigenvalue weighted by atomic mass is 10.0. The van der Waals surface area contributed by atoms with Crippen molar-refractivity contribution >= 4 is 5.91 Å². The highest BCUT2D eigenvalue weighted by atomic mass is 16.5. The summed E-state index contributed by atoms with van der Waals surface area (Å²) in [6.45, 7) is 8.69. The van der Waals surface area contributed by atoms with Crippen LogP contribution in [0.25, 0.3) is 0 Å². The normalized spacial score (nSPS) is 26.2. The fourth-order valence-corrected chi connectivity index (χ4v) is 3.39. The van der Waals surface area contributed by atoms with Crippen LogP contribution >= 0.6 is 0 Å². The standard InChI is InChI=1S/C16H26N4O3/c1-13(2)20-14(3-5-17-20)15(21)19-6-4-16(22,12-19)11-18-7-9-23-10-8-18/h3,5,13,22H,4,6-12H2,1-2H3. The molecular weight excluding hydrogens is 296 g/mol. The van der Waals surface area contributed by atoms with Gasteiger partial charge in [0.25, 0.3) is 5.91 Å². The number of ether oxygens (including phenoxy) is 1. The van der Waals surface area contributed by atoms with Crippen LogP contribution in [-0.4, -0.2) is 82.1 Å². The molecule has 2 fully saturated rings. The number of hydrogen-bond acceptors (Lipinski definition) is 5. The number of nitrogens with zero attached hydrogens (tertiary/aromatic N) is 4. The van der Waals surface area contributed by atoms with Crippen molar-refractivity contribution in [1.82, 2.24) is 19.6 Å². The van der Waals surface area contributed by atoms with Crippen molar-refractivity contribution in [2.45, 2.75) is 31.9 Å². The third-order valence-electron chi connectivity index (χ3n) is 4.62. The first-order valence-electron chi connectivity index (χ1n) is 8.34. The first kappa shape index (κ1) is 16.4. The number of aromatic nitrogens is 2. The molecule has 1 N–H and O–H groups in total. The van der Waals surface area contributed by atoms with Gasteiger partial charge in [0.1, 0.15) is 5.69 Å². The van der Waals surface area contributed by atoms with Crippen molar-refractivity contribution in [1.29, 1.82) is 0 Å². The number of likely N-dealkylation sites (tertiary alicyclic amines) is 1. The quantitative estimate of drug-likeness (QED) is 0.867. The molecule has 0 radical (unpaired) electrons. The Kier molecular flexibility index (Phi) is 4.70. The van der Waals surface area contributed by atoms with Gasteiger partial charge in [-0.05, 0) is 26.3 Å². The predicted octanol–water partition coefficient (Wildman–Crippen LogP) is 0.373. The lowest BCUT2D eigenvalue weighted by Crippen LogP contribution is -2.49. The van der Waals surface area contributed by atoms with E-state index in [-0.39, 0.29) is 11.9 Å². The lowest BCUT2D eigenvalue weighted by molar-refractivity contribution is -0.0257. The molecule has 1 aromatic heterocycles. The molecule has 23 heavy (non-hydrogen) atoms. The summed E-state index contributed by atoms with van der Waals surface area (Å²) in [6, 6.07) is 1.89. The van der Waals surface area contributed by atoms with Gasteiger partial charge in [0, 0.05) is 38.4 Å². The maximum Gasteiger partial charge on any atom is 0.272 e. The smallest absolute Gasteiger partial charge is 0.272 e. The van der Waals surface area contributed by atoms with Crippen molar-refractivity contribution in [2.75, 3.05) is 45.9 Å². The summed E-state index contributed by atoms with van der Waals surface area (Å²) in [5.74, 6) is -0.0471. The summed E-state index contributed by atoms with van der Waals surface area (Å²) in [5.41, 5.74) is -0.231. The minimum absolute atomic E-state index is 0.0471. The van der Waals surface area contributed by atoms with Gasteiger partial charge in [0.2, 0.25) is 0 Å². The molecule has 0 spiro atoms. The van der Waals surface area contributed by atoms with Crippen LogP contribution in [0.1, 0.15) is 36.8 Å². The van der Waals surface area contributed by atoms with Crippen molar-refractivity contribution in [3.05, 3.63) is 18.0 Å². The lowest BCUT2D eigenvalue weighted by Gasteiger charge is -2.33. The molecule has 3 heterocycles. The van der Waals surface area contributed by atoms with E-state index in [2.05, 4.69) is 10.00 Å². The van der Waals surface area contributed by atoms with Crippen LogP contribution in [0, 0.1) is 0 Å². The largest absolute Gasteiger partial charge is 0.387 e. The van der Waals surface area contributed by atoms with Crippen LogP contribution in [0.5, 0.6) is 0 Å². The molecule has 0 aromatic carbocycles. The molecule has 0 saturated carbocycles. The van der Waals surface area contributed by atoms with Crippen LogP contribution in [0.2, 0.25) is 0 Å². The maximum atomic E-state index is 12.7. The number of carbonyl (C=O) groups is 1. The highest BCUT2D eigenvalue weighted by Gasteiger charge is 2.40. The molecule has 0 bridgehead atoms. The molecule has 7 nitrogen and oxygen atoms in total. The van der Waals surface area contributed by atoms with E-state index in [1.807, 2.05) is 13.8 Å². The summed E-state index contributed by atoms with van der Waals surface area (Å²) in [6.07, 6.45) is 2.27. The van der Waals surface area contributed by atoms with Gasteiger partial charge in [0.15, 0.2) is 0 Å². The van der Waals surface area contributed by atoms with Crippen LogP contribution in [0.3, 0.4) is 0 Å². The van der Waals surface area contributed by atoms with Gasteiger partial charge in [-0.25, -0.2) is 0 Å². The predicted molar refractivity (Wildman–Crippen MR) is 85.3 cm³/mol. The maximum absolute atomic E-state index is 12.7. The minimum Gasteiger partial charge on any atom is -0.387 e. The first-order valence-corrected chi connectivity index (χ1v) is 8.34. The van der Waals surface area contributed by atoms with Crippen LogP contribution in [0.15, 0.2) is 12.3 Å². The zero-order valence-corrected chi connectivity index (χ0v) is 13.9. The molecule has 2 aliphatic heterocycles. The Morgan fingerprint density at radius 2 is 2.13 bits per heavy atom. The molecule has 3 rings (SSSR count). The highest BCUT2D eigenvalue weighted by molar-refractivity contribution is 5.92. The van der Waals surface area contributed by atoms with Crippen molar-refractivity contribution < 1.29 is 14.6 Å². The number of β-amino-alcohol motifs (C(OH)–C–C–N with tert-alkyl or cyclic N) is 1. The number of hydrogen-bond donors (Lipinski definition) is 1. The van der Waals surface area contributed by atoms with E-state index < -0.39 is 5.60 Å². The second-order valence-corrected chi connectivity index (χ2v) is 6.84. The summed E-state index contributed by atoms with van der Waals surface area (Å²) in [7, 11) is 0. The Balaban J connectivity index is 1.64. The van der Waals surface area contributed by atoms with Gasteiger partial charge >= 0.3 is 0 Å². The zero-order valence-electron chi connectivity index (χ0n) is 13.9. The molecule has 1 amide bonds. The Bertz CT molecular complexity index is 553. The molecule has 0 aliphatic carbocycles. The van der Waals surface area contributed by atoms with Gasteiger partial charge in [-0.15, -0.1) is 0 Å². The Labute approximate surface area is 136 Å². The van der Waals surface area contributed by atoms with Gasteiger partial charge in [-0.2, -0.15) is 5.10 Å². The van der Waals surface area contributed by atoms with E-state index >= 15 is 0 Å². The zero-order chi connectivity index (χ0) is 16.4. The topological polar surface area (TPSA) is 70.8 Å². The summed E-state index contributed by atoms with van der Waals surface area (Å²) >= 11 is 0. The fraction of sp³-hybridized carbons (Fsp3) is 0.750. The second-order valence-electron chi connectivity index (χ2n) is 6.84. The van der Waals surface area contributed by atoms with E-state index in [1.54, 1.807) is 21.8 Å². The molecule has 1 unspecified atom stereocenters. The van der Waals surface area contributed by atoms with Gasteiger partial charge in [0.05, 0.1) is 25.4 Å². The molecule has 1 aromatic rings. The number of morpholine rings is 1. The summed E-state index contributed by atoms with van der Waals surface area (Å²) < 4.78 is 7.08. The van der Waals surface area contributed by atoms with Gasteiger partial charge in [-0.1, -0.05) is 0 Å². The van der Waals surface area contributed by atoms with E-state index in [1.165, 1.54) is 0 Å². The van der Waals surface area contributed by atoms with Crippen molar-refractivity contribution in [3.63, 3.8) is 0 Å². The number of aliphatic hydroxyl groups is 1. The van der Waals surface area contributed by atoms with E-state index in [4.69, 9.17) is 4.74 Å². The van der Waals surface area contributed by atoms with Crippen LogP contribution in [0.4, 0.5) is 0 Å². The SMILES string of the molecule is CC(C)n1nccc1C(=O)N1CCC(O)(CN2CCOCC2)C1. The fourth-order valence-electron chi connectivity index (χ4n) is 3.39. The number of amides is 1. The average molecular weight is 322 g/mol. The first-order chi connectivity index (χ1) is 11.0. The number of rotatable bonds is 4. The number of carbonyl (C=O) groups excluding carboxylic acids is 1. The summed E-state index contributed by atoms with van der Waals surface area (Å²) in [5, 5.41) is 15.1. The van der Waals surface area contributed by atoms with Gasteiger partial charge in [-0.3, -0.25) is 14.4 Å². The third-order valence-corrected chi connectivity index (χ3v) is 4.62. The van der Waals surface area contributed by atoms with E-state index in [0.717, 1.165) is 13.1 Å². The van der Waals surface area contributed by atoms with Crippen molar-refractivity contribution in [2.24, 2.45) is 0 Å². The monoisotopic (exact) mass is 322 g/mol. The third kappa shape index (κ3) is 3.57. The Morgan fingerprint density at radius 1 is 1.39 bits per heavy atom. The molecule has 2 saturated heterocycles. The van der Waals surface area contributed by atoms with Crippen molar-refractivity contribution in [3.8, 4) is 0 Å². The van der Waals surface area contributed by atoms with Gasteiger partial charge < -0.3 is 14.7 Å². The average Bonchev–Trinajstić information content (AvgIpc) is 3.14. The Hall–Kier alpha value is -1.44. The van der Waals surface area contributed by atoms with Crippen LogP contribution in [-0.2, 0) is 4.74 Å². The van der Waals surface area contributed by atoms with E-state index in [9.17, 15) is 9.90 Å². The molecular formula is C16H26N4O3. The molecule has 7 heteroatoms. The molecule has 1 atom stereocenters. The molecule has 128 valence electrons. The minimum atomic E-state index is -0.824. The molecule has 2 aliphatic rings. The second kappa shape index (κ2) is 6.59. The van der Waals surface area contributed by atoms with Crippen LogP contribution < -0.4 is 0 Å². The highest BCUT2D eigenvalue weighted by Crippen LogP contribution is 2.25. The Morgan fingerprint density at radius 3 is 2.83 bits per heavy atom. The summed E-state index contributed by atoms with van der Waals surface area (Å²) in [4.78, 5) is 16.7. The van der Waals surface area contributed by atoms with E-state index in [0.29, 0.717) is 45.0 Å².